The second-order valence-corrected chi connectivity index (χ2v) is 5.17. The van der Waals surface area contributed by atoms with E-state index in [0.717, 1.165) is 21.3 Å². The molecule has 0 heterocycles. The smallest absolute Gasteiger partial charge is 0.123 e. The molecule has 3 N–H and O–H groups in total. The van der Waals surface area contributed by atoms with Crippen molar-refractivity contribution in [3.8, 4) is 11.5 Å². The maximum absolute atomic E-state index is 7.65. The number of hydrogen-bond donors (Lipinski definition) is 2. The van der Waals surface area contributed by atoms with Crippen molar-refractivity contribution in [2.75, 3.05) is 14.2 Å². The van der Waals surface area contributed by atoms with Crippen molar-refractivity contribution >= 4 is 17.6 Å². The van der Waals surface area contributed by atoms with Gasteiger partial charge in [0.05, 0.1) is 14.2 Å². The summed E-state index contributed by atoms with van der Waals surface area (Å²) in [7, 11) is 3.25. The molecule has 0 amide bonds. The van der Waals surface area contributed by atoms with Crippen LogP contribution in [0, 0.1) is 5.41 Å². The van der Waals surface area contributed by atoms with Crippen molar-refractivity contribution in [3.05, 3.63) is 48.0 Å². The van der Waals surface area contributed by atoms with Crippen LogP contribution in [0.4, 0.5) is 0 Å². The molecule has 0 aliphatic carbocycles. The highest BCUT2D eigenvalue weighted by Gasteiger charge is 2.09. The molecular formula is C15H16N2O2S. The first-order chi connectivity index (χ1) is 9.63. The van der Waals surface area contributed by atoms with Gasteiger partial charge in [0.1, 0.15) is 17.3 Å². The quantitative estimate of drug-likeness (QED) is 0.655. The lowest BCUT2D eigenvalue weighted by atomic mass is 10.2. The molecule has 0 saturated carbocycles. The summed E-state index contributed by atoms with van der Waals surface area (Å²) < 4.78 is 10.4. The lowest BCUT2D eigenvalue weighted by Crippen LogP contribution is -2.12. The molecule has 4 nitrogen and oxygen atoms in total. The van der Waals surface area contributed by atoms with Gasteiger partial charge in [-0.1, -0.05) is 17.8 Å². The Labute approximate surface area is 122 Å². The second kappa shape index (κ2) is 6.34. The van der Waals surface area contributed by atoms with Gasteiger partial charge in [0, 0.05) is 15.4 Å². The molecule has 0 saturated heterocycles. The minimum Gasteiger partial charge on any atom is -0.497 e. The third kappa shape index (κ3) is 3.24. The van der Waals surface area contributed by atoms with Crippen LogP contribution in [-0.4, -0.2) is 20.1 Å². The zero-order chi connectivity index (χ0) is 14.5. The number of nitrogen functional groups attached to an aromatic ring is 1. The Kier molecular flexibility index (Phi) is 4.53. The van der Waals surface area contributed by atoms with Gasteiger partial charge in [-0.25, -0.2) is 0 Å². The van der Waals surface area contributed by atoms with Crippen molar-refractivity contribution in [1.82, 2.24) is 0 Å². The highest BCUT2D eigenvalue weighted by Crippen LogP contribution is 2.34. The molecule has 0 aliphatic rings. The van der Waals surface area contributed by atoms with Crippen LogP contribution in [0.2, 0.25) is 0 Å². The number of ether oxygens (including phenoxy) is 2. The van der Waals surface area contributed by atoms with Crippen LogP contribution >= 0.6 is 11.8 Å². The van der Waals surface area contributed by atoms with E-state index in [1.807, 2.05) is 30.3 Å². The summed E-state index contributed by atoms with van der Waals surface area (Å²) in [5.41, 5.74) is 6.31. The van der Waals surface area contributed by atoms with Gasteiger partial charge in [-0.3, -0.25) is 5.41 Å². The fraction of sp³-hybridized carbons (Fsp3) is 0.133. The predicted molar refractivity (Wildman–Crippen MR) is 81.1 cm³/mol. The van der Waals surface area contributed by atoms with E-state index < -0.39 is 0 Å². The van der Waals surface area contributed by atoms with Gasteiger partial charge in [0.2, 0.25) is 0 Å². The van der Waals surface area contributed by atoms with E-state index in [2.05, 4.69) is 0 Å². The molecule has 0 unspecified atom stereocenters. The van der Waals surface area contributed by atoms with Gasteiger partial charge in [-0.2, -0.15) is 0 Å². The van der Waals surface area contributed by atoms with Gasteiger partial charge in [0.15, 0.2) is 0 Å². The third-order valence-corrected chi connectivity index (χ3v) is 3.80. The average Bonchev–Trinajstić information content (AvgIpc) is 2.47. The number of nitrogens with one attached hydrogen (secondary N) is 1. The number of rotatable bonds is 5. The number of nitrogens with two attached hydrogens (primary N) is 1. The van der Waals surface area contributed by atoms with E-state index in [9.17, 15) is 0 Å². The van der Waals surface area contributed by atoms with Crippen molar-refractivity contribution in [3.63, 3.8) is 0 Å². The Balaban J connectivity index is 2.37. The summed E-state index contributed by atoms with van der Waals surface area (Å²) in [6.45, 7) is 0. The van der Waals surface area contributed by atoms with Gasteiger partial charge in [-0.15, -0.1) is 0 Å². The summed E-state index contributed by atoms with van der Waals surface area (Å²) in [5, 5.41) is 7.65. The van der Waals surface area contributed by atoms with E-state index in [4.69, 9.17) is 20.6 Å². The second-order valence-electron chi connectivity index (χ2n) is 4.06. The monoisotopic (exact) mass is 288 g/mol. The van der Waals surface area contributed by atoms with Crippen molar-refractivity contribution in [1.29, 1.82) is 5.41 Å². The summed E-state index contributed by atoms with van der Waals surface area (Å²) >= 11 is 1.52. The zero-order valence-corrected chi connectivity index (χ0v) is 12.2. The van der Waals surface area contributed by atoms with E-state index in [-0.39, 0.29) is 5.84 Å². The number of amidine groups is 1. The van der Waals surface area contributed by atoms with Crippen molar-refractivity contribution < 1.29 is 9.47 Å². The maximum Gasteiger partial charge on any atom is 0.123 e. The highest BCUT2D eigenvalue weighted by atomic mass is 32.2. The van der Waals surface area contributed by atoms with Crippen LogP contribution in [0.1, 0.15) is 5.56 Å². The zero-order valence-electron chi connectivity index (χ0n) is 11.3. The van der Waals surface area contributed by atoms with Crippen LogP contribution in [-0.2, 0) is 0 Å². The molecule has 0 aliphatic heterocycles. The van der Waals surface area contributed by atoms with E-state index in [1.54, 1.807) is 26.4 Å². The van der Waals surface area contributed by atoms with E-state index in [1.165, 1.54) is 11.8 Å². The first kappa shape index (κ1) is 14.3. The van der Waals surface area contributed by atoms with Crippen LogP contribution in [0.15, 0.2) is 52.3 Å². The topological polar surface area (TPSA) is 68.3 Å². The van der Waals surface area contributed by atoms with Crippen LogP contribution in [0.5, 0.6) is 11.5 Å². The van der Waals surface area contributed by atoms with E-state index in [0.29, 0.717) is 5.56 Å². The van der Waals surface area contributed by atoms with Crippen LogP contribution in [0.25, 0.3) is 0 Å². The number of hydrogen-bond acceptors (Lipinski definition) is 4. The lowest BCUT2D eigenvalue weighted by molar-refractivity contribution is 0.413. The van der Waals surface area contributed by atoms with Crippen molar-refractivity contribution in [2.45, 2.75) is 9.79 Å². The summed E-state index contributed by atoms with van der Waals surface area (Å²) in [4.78, 5) is 1.89. The minimum atomic E-state index is 0.0399. The lowest BCUT2D eigenvalue weighted by Gasteiger charge is -2.10. The molecule has 0 bridgehead atoms. The summed E-state index contributed by atoms with van der Waals surface area (Å²) in [5.74, 6) is 1.57. The van der Waals surface area contributed by atoms with E-state index >= 15 is 0 Å². The highest BCUT2D eigenvalue weighted by molar-refractivity contribution is 7.99. The number of methoxy groups -OCH3 is 2. The molecule has 0 aromatic heterocycles. The van der Waals surface area contributed by atoms with Crippen molar-refractivity contribution in [2.24, 2.45) is 5.73 Å². The molecule has 2 aromatic carbocycles. The predicted octanol–water partition coefficient (Wildman–Crippen LogP) is 3.14. The molecule has 0 fully saturated rings. The standard InChI is InChI=1S/C15H16N2O2S/c1-18-10-4-3-5-12(8-10)20-14-9-11(19-2)6-7-13(14)15(16)17/h3-9H,1-2H3,(H3,16,17). The molecular weight excluding hydrogens is 272 g/mol. The molecule has 2 rings (SSSR count). The molecule has 0 atom stereocenters. The molecule has 20 heavy (non-hydrogen) atoms. The maximum atomic E-state index is 7.65. The largest absolute Gasteiger partial charge is 0.497 e. The Hall–Kier alpha value is -2.14. The molecule has 5 heteroatoms. The van der Waals surface area contributed by atoms with Gasteiger partial charge >= 0.3 is 0 Å². The third-order valence-electron chi connectivity index (χ3n) is 2.75. The summed E-state index contributed by atoms with van der Waals surface area (Å²) in [6, 6.07) is 13.2. The molecule has 0 radical (unpaired) electrons. The van der Waals surface area contributed by atoms with Gasteiger partial charge in [-0.05, 0) is 36.4 Å². The Morgan fingerprint density at radius 1 is 1.05 bits per heavy atom. The fourth-order valence-corrected chi connectivity index (χ4v) is 2.77. The van der Waals surface area contributed by atoms with Gasteiger partial charge < -0.3 is 15.2 Å². The number of benzene rings is 2. The minimum absolute atomic E-state index is 0.0399. The first-order valence-electron chi connectivity index (χ1n) is 5.98. The first-order valence-corrected chi connectivity index (χ1v) is 6.80. The Morgan fingerprint density at radius 3 is 2.40 bits per heavy atom. The summed E-state index contributed by atoms with van der Waals surface area (Å²) in [6.07, 6.45) is 0. The molecule has 2 aromatic rings. The van der Waals surface area contributed by atoms with Crippen LogP contribution < -0.4 is 15.2 Å². The fourth-order valence-electron chi connectivity index (χ4n) is 1.73. The SMILES string of the molecule is COc1cccc(Sc2cc(OC)ccc2C(=N)N)c1. The Morgan fingerprint density at radius 2 is 1.75 bits per heavy atom. The average molecular weight is 288 g/mol. The molecule has 104 valence electrons. The Bertz CT molecular complexity index is 629. The van der Waals surface area contributed by atoms with Gasteiger partial charge in [0.25, 0.3) is 0 Å². The molecule has 0 spiro atoms. The normalized spacial score (nSPS) is 10.1. The van der Waals surface area contributed by atoms with Crippen LogP contribution in [0.3, 0.4) is 0 Å².